The summed E-state index contributed by atoms with van der Waals surface area (Å²) in [5.41, 5.74) is 1.91. The van der Waals surface area contributed by atoms with Crippen LogP contribution < -0.4 is 5.32 Å². The maximum atomic E-state index is 3.53. The fraction of sp³-hybridized carbons (Fsp3) is 0.684. The molecule has 2 fully saturated rings. The van der Waals surface area contributed by atoms with E-state index in [2.05, 4.69) is 59.4 Å². The molecule has 2 unspecified atom stereocenters. The number of nitrogens with zero attached hydrogens (tertiary/aromatic N) is 2. The first-order valence-electron chi connectivity index (χ1n) is 8.82. The Morgan fingerprint density at radius 1 is 1.30 bits per heavy atom. The van der Waals surface area contributed by atoms with Crippen molar-refractivity contribution in [1.29, 1.82) is 0 Å². The van der Waals surface area contributed by atoms with Crippen molar-refractivity contribution in [2.24, 2.45) is 5.41 Å². The van der Waals surface area contributed by atoms with Crippen molar-refractivity contribution in [2.75, 3.05) is 39.8 Å². The number of likely N-dealkylation sites (N-methyl/N-ethyl adjacent to an activating group) is 1. The molecule has 0 aromatic heterocycles. The number of nitrogens with one attached hydrogen (secondary N) is 1. The summed E-state index contributed by atoms with van der Waals surface area (Å²) >= 11 is 0. The van der Waals surface area contributed by atoms with Crippen molar-refractivity contribution >= 4 is 12.4 Å². The van der Waals surface area contributed by atoms with Gasteiger partial charge in [-0.05, 0) is 50.4 Å². The smallest absolute Gasteiger partial charge is 0.0234 e. The number of hydrogen-bond donors (Lipinski definition) is 1. The minimum absolute atomic E-state index is 0. The molecule has 1 N–H and O–H groups in total. The Morgan fingerprint density at radius 3 is 2.78 bits per heavy atom. The third-order valence-electron chi connectivity index (χ3n) is 5.44. The molecule has 1 aromatic rings. The average Bonchev–Trinajstić information content (AvgIpc) is 2.95. The van der Waals surface area contributed by atoms with Gasteiger partial charge in [0.05, 0.1) is 0 Å². The van der Waals surface area contributed by atoms with E-state index >= 15 is 0 Å². The summed E-state index contributed by atoms with van der Waals surface area (Å²) in [6.45, 7) is 9.60. The van der Waals surface area contributed by atoms with Crippen molar-refractivity contribution in [2.45, 2.75) is 38.8 Å². The molecule has 2 aliphatic rings. The first-order chi connectivity index (χ1) is 10.6. The largest absolute Gasteiger partial charge is 0.316 e. The number of halogens is 1. The number of hydrogen-bond acceptors (Lipinski definition) is 3. The van der Waals surface area contributed by atoms with Gasteiger partial charge < -0.3 is 10.2 Å². The highest BCUT2D eigenvalue weighted by Gasteiger charge is 2.32. The van der Waals surface area contributed by atoms with Crippen LogP contribution in [0.25, 0.3) is 0 Å². The lowest BCUT2D eigenvalue weighted by atomic mass is 9.88. The van der Waals surface area contributed by atoms with Gasteiger partial charge in [-0.1, -0.05) is 37.3 Å². The molecule has 3 rings (SSSR count). The lowest BCUT2D eigenvalue weighted by Gasteiger charge is -2.40. The molecule has 2 atom stereocenters. The SMILES string of the molecule is CN(CC1(C)CCNC1)C1CCCN(Cc2ccccc2)C1.Cl. The Hall–Kier alpha value is -0.610. The van der Waals surface area contributed by atoms with E-state index in [0.29, 0.717) is 5.41 Å². The van der Waals surface area contributed by atoms with Crippen LogP contribution in [0.15, 0.2) is 30.3 Å². The van der Waals surface area contributed by atoms with Gasteiger partial charge in [-0.3, -0.25) is 4.90 Å². The Kier molecular flexibility index (Phi) is 6.90. The molecule has 3 nitrogen and oxygen atoms in total. The number of piperidine rings is 1. The lowest BCUT2D eigenvalue weighted by molar-refractivity contribution is 0.0841. The van der Waals surface area contributed by atoms with Gasteiger partial charge in [-0.15, -0.1) is 12.4 Å². The molecule has 0 radical (unpaired) electrons. The van der Waals surface area contributed by atoms with E-state index in [4.69, 9.17) is 0 Å². The quantitative estimate of drug-likeness (QED) is 0.891. The van der Waals surface area contributed by atoms with Gasteiger partial charge in [0.25, 0.3) is 0 Å². The average molecular weight is 338 g/mol. The molecule has 0 bridgehead atoms. The predicted octanol–water partition coefficient (Wildman–Crippen LogP) is 3.00. The van der Waals surface area contributed by atoms with Gasteiger partial charge >= 0.3 is 0 Å². The zero-order valence-corrected chi connectivity index (χ0v) is 15.4. The first-order valence-corrected chi connectivity index (χ1v) is 8.82. The lowest BCUT2D eigenvalue weighted by Crippen LogP contribution is -2.49. The van der Waals surface area contributed by atoms with E-state index in [1.807, 2.05) is 0 Å². The van der Waals surface area contributed by atoms with Gasteiger partial charge in [0.1, 0.15) is 0 Å². The Bertz CT molecular complexity index is 459. The molecule has 2 aliphatic heterocycles. The van der Waals surface area contributed by atoms with Crippen molar-refractivity contribution in [3.8, 4) is 0 Å². The molecule has 1 aromatic carbocycles. The monoisotopic (exact) mass is 337 g/mol. The van der Waals surface area contributed by atoms with E-state index < -0.39 is 0 Å². The molecule has 2 saturated heterocycles. The van der Waals surface area contributed by atoms with Crippen molar-refractivity contribution in [3.63, 3.8) is 0 Å². The summed E-state index contributed by atoms with van der Waals surface area (Å²) in [6.07, 6.45) is 4.00. The molecule has 0 saturated carbocycles. The summed E-state index contributed by atoms with van der Waals surface area (Å²) in [4.78, 5) is 5.26. The Labute approximate surface area is 147 Å². The van der Waals surface area contributed by atoms with Gasteiger partial charge in [-0.2, -0.15) is 0 Å². The summed E-state index contributed by atoms with van der Waals surface area (Å²) in [5, 5.41) is 3.53. The Morgan fingerprint density at radius 2 is 2.09 bits per heavy atom. The molecule has 23 heavy (non-hydrogen) atoms. The molecule has 0 aliphatic carbocycles. The third kappa shape index (κ3) is 5.18. The van der Waals surface area contributed by atoms with Crippen LogP contribution in [-0.2, 0) is 6.54 Å². The van der Waals surface area contributed by atoms with Crippen LogP contribution in [0.2, 0.25) is 0 Å². The fourth-order valence-corrected chi connectivity index (χ4v) is 4.11. The topological polar surface area (TPSA) is 18.5 Å². The number of rotatable bonds is 5. The van der Waals surface area contributed by atoms with Crippen LogP contribution in [0.4, 0.5) is 0 Å². The molecule has 130 valence electrons. The molecular weight excluding hydrogens is 306 g/mol. The zero-order valence-electron chi connectivity index (χ0n) is 14.6. The van der Waals surface area contributed by atoms with Crippen LogP contribution in [0.1, 0.15) is 31.7 Å². The maximum absolute atomic E-state index is 3.53. The van der Waals surface area contributed by atoms with E-state index in [9.17, 15) is 0 Å². The second kappa shape index (κ2) is 8.48. The van der Waals surface area contributed by atoms with Crippen LogP contribution in [0, 0.1) is 5.41 Å². The van der Waals surface area contributed by atoms with Crippen LogP contribution in [-0.4, -0.2) is 55.6 Å². The summed E-state index contributed by atoms with van der Waals surface area (Å²) < 4.78 is 0. The third-order valence-corrected chi connectivity index (χ3v) is 5.44. The second-order valence-electron chi connectivity index (χ2n) is 7.67. The van der Waals surface area contributed by atoms with Gasteiger partial charge in [0.2, 0.25) is 0 Å². The molecular formula is C19H32ClN3. The Balaban J connectivity index is 0.00000192. The van der Waals surface area contributed by atoms with Gasteiger partial charge in [-0.25, -0.2) is 0 Å². The van der Waals surface area contributed by atoms with E-state index in [-0.39, 0.29) is 12.4 Å². The highest BCUT2D eigenvalue weighted by molar-refractivity contribution is 5.85. The predicted molar refractivity (Wildman–Crippen MR) is 100 cm³/mol. The molecule has 4 heteroatoms. The molecule has 0 spiro atoms. The summed E-state index contributed by atoms with van der Waals surface area (Å²) in [5.74, 6) is 0. The van der Waals surface area contributed by atoms with Crippen molar-refractivity contribution in [1.82, 2.24) is 15.1 Å². The number of likely N-dealkylation sites (tertiary alicyclic amines) is 1. The van der Waals surface area contributed by atoms with Gasteiger partial charge in [0, 0.05) is 32.2 Å². The second-order valence-corrected chi connectivity index (χ2v) is 7.67. The summed E-state index contributed by atoms with van der Waals surface area (Å²) in [7, 11) is 2.33. The first kappa shape index (κ1) is 18.7. The normalized spacial score (nSPS) is 28.7. The van der Waals surface area contributed by atoms with Crippen LogP contribution in [0.5, 0.6) is 0 Å². The highest BCUT2D eigenvalue weighted by Crippen LogP contribution is 2.27. The van der Waals surface area contributed by atoms with Crippen molar-refractivity contribution < 1.29 is 0 Å². The standard InChI is InChI=1S/C19H31N3.ClH/c1-19(10-11-20-15-19)16-21(2)18-9-6-12-22(14-18)13-17-7-4-3-5-8-17;/h3-5,7-8,18,20H,6,9-16H2,1-2H3;1H. The van der Waals surface area contributed by atoms with E-state index in [1.54, 1.807) is 0 Å². The minimum atomic E-state index is 0. The number of benzene rings is 1. The summed E-state index contributed by atoms with van der Waals surface area (Å²) in [6, 6.07) is 11.6. The molecule has 2 heterocycles. The van der Waals surface area contributed by atoms with Crippen LogP contribution in [0.3, 0.4) is 0 Å². The molecule has 0 amide bonds. The fourth-order valence-electron chi connectivity index (χ4n) is 4.11. The maximum Gasteiger partial charge on any atom is 0.0234 e. The zero-order chi connectivity index (χ0) is 15.4. The highest BCUT2D eigenvalue weighted by atomic mass is 35.5. The van der Waals surface area contributed by atoms with E-state index in [1.165, 1.54) is 57.5 Å². The van der Waals surface area contributed by atoms with Gasteiger partial charge in [0.15, 0.2) is 0 Å². The van der Waals surface area contributed by atoms with Crippen molar-refractivity contribution in [3.05, 3.63) is 35.9 Å². The van der Waals surface area contributed by atoms with Crippen LogP contribution >= 0.6 is 12.4 Å². The van der Waals surface area contributed by atoms with E-state index in [0.717, 1.165) is 12.6 Å². The minimum Gasteiger partial charge on any atom is -0.316 e.